The fourth-order valence-corrected chi connectivity index (χ4v) is 2.60. The monoisotopic (exact) mass is 260 g/mol. The Balaban J connectivity index is 2.07. The van der Waals surface area contributed by atoms with Crippen molar-refractivity contribution in [3.8, 4) is 0 Å². The molecule has 4 heteroatoms. The quantitative estimate of drug-likeness (QED) is 0.873. The lowest BCUT2D eigenvalue weighted by atomic mass is 9.86. The standard InChI is InChI=1S/C15H20N2O2/c1-10-5-2-3-8-13(10)17-15(19)12-7-4-6-11(9-12)14(16)18/h4,6-7,9-10,13H,2-3,5,8H2,1H3,(H2,16,18)(H,17,19)/t10-,13+/m1/s1. The molecule has 1 saturated carbocycles. The highest BCUT2D eigenvalue weighted by molar-refractivity contribution is 5.99. The van der Waals surface area contributed by atoms with E-state index in [2.05, 4.69) is 12.2 Å². The van der Waals surface area contributed by atoms with E-state index >= 15 is 0 Å². The molecule has 19 heavy (non-hydrogen) atoms. The number of primary amides is 1. The highest BCUT2D eigenvalue weighted by Gasteiger charge is 2.23. The van der Waals surface area contributed by atoms with Crippen LogP contribution in [-0.4, -0.2) is 17.9 Å². The summed E-state index contributed by atoms with van der Waals surface area (Å²) in [6.45, 7) is 2.17. The van der Waals surface area contributed by atoms with Crippen LogP contribution >= 0.6 is 0 Å². The van der Waals surface area contributed by atoms with Crippen molar-refractivity contribution in [3.05, 3.63) is 35.4 Å². The zero-order valence-electron chi connectivity index (χ0n) is 11.2. The maximum absolute atomic E-state index is 12.2. The average Bonchev–Trinajstić information content (AvgIpc) is 2.41. The second-order valence-electron chi connectivity index (χ2n) is 5.29. The fraction of sp³-hybridized carbons (Fsp3) is 0.467. The molecule has 0 bridgehead atoms. The molecular formula is C15H20N2O2. The number of carbonyl (C=O) groups is 2. The van der Waals surface area contributed by atoms with Gasteiger partial charge in [-0.25, -0.2) is 0 Å². The third kappa shape index (κ3) is 3.34. The van der Waals surface area contributed by atoms with E-state index in [-0.39, 0.29) is 11.9 Å². The third-order valence-electron chi connectivity index (χ3n) is 3.84. The van der Waals surface area contributed by atoms with E-state index in [1.165, 1.54) is 6.42 Å². The highest BCUT2D eigenvalue weighted by atomic mass is 16.2. The van der Waals surface area contributed by atoms with Crippen molar-refractivity contribution in [2.24, 2.45) is 11.7 Å². The van der Waals surface area contributed by atoms with Gasteiger partial charge in [0.1, 0.15) is 0 Å². The smallest absolute Gasteiger partial charge is 0.251 e. The minimum Gasteiger partial charge on any atom is -0.366 e. The lowest BCUT2D eigenvalue weighted by molar-refractivity contribution is 0.0910. The molecule has 1 fully saturated rings. The first-order valence-corrected chi connectivity index (χ1v) is 6.78. The number of hydrogen-bond donors (Lipinski definition) is 2. The summed E-state index contributed by atoms with van der Waals surface area (Å²) < 4.78 is 0. The van der Waals surface area contributed by atoms with Crippen LogP contribution < -0.4 is 11.1 Å². The summed E-state index contributed by atoms with van der Waals surface area (Å²) >= 11 is 0. The van der Waals surface area contributed by atoms with Crippen LogP contribution in [0.4, 0.5) is 0 Å². The van der Waals surface area contributed by atoms with Crippen molar-refractivity contribution in [2.45, 2.75) is 38.6 Å². The molecule has 1 aromatic carbocycles. The molecule has 0 heterocycles. The molecule has 0 radical (unpaired) electrons. The normalized spacial score (nSPS) is 22.8. The van der Waals surface area contributed by atoms with E-state index in [9.17, 15) is 9.59 Å². The van der Waals surface area contributed by atoms with Crippen LogP contribution in [0.1, 0.15) is 53.3 Å². The maximum atomic E-state index is 12.2. The maximum Gasteiger partial charge on any atom is 0.251 e. The molecule has 0 unspecified atom stereocenters. The van der Waals surface area contributed by atoms with Crippen molar-refractivity contribution >= 4 is 11.8 Å². The minimum atomic E-state index is -0.513. The van der Waals surface area contributed by atoms with E-state index in [0.717, 1.165) is 19.3 Å². The Bertz CT molecular complexity index is 485. The lowest BCUT2D eigenvalue weighted by Gasteiger charge is -2.29. The summed E-state index contributed by atoms with van der Waals surface area (Å²) in [4.78, 5) is 23.3. The fourth-order valence-electron chi connectivity index (χ4n) is 2.60. The predicted molar refractivity (Wildman–Crippen MR) is 73.8 cm³/mol. The van der Waals surface area contributed by atoms with Crippen LogP contribution in [0.15, 0.2) is 24.3 Å². The Kier molecular flexibility index (Phi) is 4.20. The van der Waals surface area contributed by atoms with Gasteiger partial charge in [0.05, 0.1) is 0 Å². The van der Waals surface area contributed by atoms with Gasteiger partial charge in [0, 0.05) is 17.2 Å². The Morgan fingerprint density at radius 2 is 1.89 bits per heavy atom. The number of rotatable bonds is 3. The van der Waals surface area contributed by atoms with Gasteiger partial charge in [-0.3, -0.25) is 9.59 Å². The van der Waals surface area contributed by atoms with E-state index in [0.29, 0.717) is 17.0 Å². The predicted octanol–water partition coefficient (Wildman–Crippen LogP) is 2.09. The molecule has 0 aromatic heterocycles. The number of hydrogen-bond acceptors (Lipinski definition) is 2. The number of benzene rings is 1. The molecule has 0 spiro atoms. The molecule has 102 valence electrons. The second kappa shape index (κ2) is 5.87. The van der Waals surface area contributed by atoms with Gasteiger partial charge in [-0.1, -0.05) is 25.8 Å². The van der Waals surface area contributed by atoms with Crippen LogP contribution in [0.5, 0.6) is 0 Å². The van der Waals surface area contributed by atoms with Crippen LogP contribution in [0.25, 0.3) is 0 Å². The summed E-state index contributed by atoms with van der Waals surface area (Å²) in [5.41, 5.74) is 6.08. The molecule has 2 amide bonds. The average molecular weight is 260 g/mol. The zero-order valence-corrected chi connectivity index (χ0v) is 11.2. The number of nitrogens with one attached hydrogen (secondary N) is 1. The summed E-state index contributed by atoms with van der Waals surface area (Å²) in [5, 5.41) is 3.06. The van der Waals surface area contributed by atoms with E-state index in [4.69, 9.17) is 5.73 Å². The first-order chi connectivity index (χ1) is 9.08. The Morgan fingerprint density at radius 3 is 2.58 bits per heavy atom. The summed E-state index contributed by atoms with van der Waals surface area (Å²) in [5.74, 6) is -0.125. The molecule has 1 aromatic rings. The first-order valence-electron chi connectivity index (χ1n) is 6.78. The van der Waals surface area contributed by atoms with Crippen molar-refractivity contribution in [3.63, 3.8) is 0 Å². The van der Waals surface area contributed by atoms with E-state index in [1.807, 2.05) is 0 Å². The van der Waals surface area contributed by atoms with E-state index < -0.39 is 5.91 Å². The van der Waals surface area contributed by atoms with Gasteiger partial charge in [0.25, 0.3) is 5.91 Å². The minimum absolute atomic E-state index is 0.123. The Labute approximate surface area is 113 Å². The Hall–Kier alpha value is -1.84. The van der Waals surface area contributed by atoms with Gasteiger partial charge in [-0.2, -0.15) is 0 Å². The summed E-state index contributed by atoms with van der Waals surface area (Å²) in [6.07, 6.45) is 4.59. The lowest BCUT2D eigenvalue weighted by Crippen LogP contribution is -2.41. The van der Waals surface area contributed by atoms with Gasteiger partial charge in [-0.05, 0) is 37.0 Å². The van der Waals surface area contributed by atoms with Crippen LogP contribution in [0.3, 0.4) is 0 Å². The van der Waals surface area contributed by atoms with Crippen LogP contribution in [0.2, 0.25) is 0 Å². The second-order valence-corrected chi connectivity index (χ2v) is 5.29. The molecule has 1 aliphatic carbocycles. The number of amides is 2. The van der Waals surface area contributed by atoms with Gasteiger partial charge in [0.2, 0.25) is 5.91 Å². The van der Waals surface area contributed by atoms with Gasteiger partial charge in [0.15, 0.2) is 0 Å². The molecule has 1 aliphatic rings. The molecule has 2 atom stereocenters. The molecule has 0 saturated heterocycles. The number of nitrogens with two attached hydrogens (primary N) is 1. The molecule has 3 N–H and O–H groups in total. The largest absolute Gasteiger partial charge is 0.366 e. The van der Waals surface area contributed by atoms with Gasteiger partial charge >= 0.3 is 0 Å². The van der Waals surface area contributed by atoms with E-state index in [1.54, 1.807) is 24.3 Å². The molecule has 0 aliphatic heterocycles. The summed E-state index contributed by atoms with van der Waals surface area (Å²) in [7, 11) is 0. The van der Waals surface area contributed by atoms with Crippen molar-refractivity contribution < 1.29 is 9.59 Å². The van der Waals surface area contributed by atoms with Crippen LogP contribution in [0, 0.1) is 5.92 Å². The van der Waals surface area contributed by atoms with Gasteiger partial charge < -0.3 is 11.1 Å². The SMILES string of the molecule is C[C@@H]1CCCC[C@@H]1NC(=O)c1cccc(C(N)=O)c1. The van der Waals surface area contributed by atoms with Crippen molar-refractivity contribution in [1.29, 1.82) is 0 Å². The molecule has 4 nitrogen and oxygen atoms in total. The first kappa shape index (κ1) is 13.6. The highest BCUT2D eigenvalue weighted by Crippen LogP contribution is 2.24. The summed E-state index contributed by atoms with van der Waals surface area (Å²) in [6, 6.07) is 6.78. The molecule has 2 rings (SSSR count). The third-order valence-corrected chi connectivity index (χ3v) is 3.84. The molecular weight excluding hydrogens is 240 g/mol. The van der Waals surface area contributed by atoms with Crippen LogP contribution in [-0.2, 0) is 0 Å². The van der Waals surface area contributed by atoms with Crippen molar-refractivity contribution in [1.82, 2.24) is 5.32 Å². The Morgan fingerprint density at radius 1 is 1.21 bits per heavy atom. The van der Waals surface area contributed by atoms with Gasteiger partial charge in [-0.15, -0.1) is 0 Å². The number of carbonyl (C=O) groups excluding carboxylic acids is 2. The zero-order chi connectivity index (χ0) is 13.8. The van der Waals surface area contributed by atoms with Crippen molar-refractivity contribution in [2.75, 3.05) is 0 Å². The topological polar surface area (TPSA) is 72.2 Å².